The Kier molecular flexibility index (Phi) is 3.92. The van der Waals surface area contributed by atoms with E-state index in [0.717, 1.165) is 16.7 Å². The number of nitrogens with one attached hydrogen (secondary N) is 1. The number of hydrogen-bond acceptors (Lipinski definition) is 2. The molecule has 0 bridgehead atoms. The van der Waals surface area contributed by atoms with Crippen LogP contribution in [0.4, 0.5) is 4.79 Å². The summed E-state index contributed by atoms with van der Waals surface area (Å²) >= 11 is 6.03. The molecule has 1 amide bonds. The van der Waals surface area contributed by atoms with E-state index < -0.39 is 11.6 Å². The third kappa shape index (κ3) is 2.85. The first-order valence-electron chi connectivity index (χ1n) is 7.08. The van der Waals surface area contributed by atoms with Crippen molar-refractivity contribution in [3.63, 3.8) is 0 Å². The van der Waals surface area contributed by atoms with Gasteiger partial charge in [0.05, 0.1) is 0 Å². The van der Waals surface area contributed by atoms with Crippen molar-refractivity contribution in [1.29, 1.82) is 0 Å². The Bertz CT molecular complexity index is 816. The summed E-state index contributed by atoms with van der Waals surface area (Å²) in [6.07, 6.45) is 3.42. The Morgan fingerprint density at radius 1 is 1.22 bits per heavy atom. The van der Waals surface area contributed by atoms with Crippen LogP contribution in [0, 0.1) is 0 Å². The molecule has 23 heavy (non-hydrogen) atoms. The number of halogens is 1. The minimum absolute atomic E-state index is 0.616. The van der Waals surface area contributed by atoms with Crippen LogP contribution >= 0.6 is 11.6 Å². The lowest BCUT2D eigenvalue weighted by atomic mass is 9.80. The average molecular weight is 328 g/mol. The summed E-state index contributed by atoms with van der Waals surface area (Å²) in [5.41, 5.74) is 1.99. The van der Waals surface area contributed by atoms with Crippen LogP contribution in [0.2, 0.25) is 5.02 Å². The molecule has 0 saturated heterocycles. The topological polar surface area (TPSA) is 66.4 Å². The molecule has 2 N–H and O–H groups in total. The highest BCUT2D eigenvalue weighted by molar-refractivity contribution is 6.30. The zero-order chi connectivity index (χ0) is 16.4. The lowest BCUT2D eigenvalue weighted by molar-refractivity contribution is -0.112. The number of amides is 1. The SMILES string of the molecule is O=C[C@]1(NC(=O)O)C=CCc2ccc(-c3cccc(Cl)c3)cc21. The van der Waals surface area contributed by atoms with Gasteiger partial charge in [0.25, 0.3) is 0 Å². The van der Waals surface area contributed by atoms with Crippen molar-refractivity contribution in [2.75, 3.05) is 0 Å². The van der Waals surface area contributed by atoms with Crippen molar-refractivity contribution >= 4 is 24.0 Å². The highest BCUT2D eigenvalue weighted by Gasteiger charge is 2.35. The number of aldehydes is 1. The molecule has 1 atom stereocenters. The summed E-state index contributed by atoms with van der Waals surface area (Å²) in [6.45, 7) is 0. The lowest BCUT2D eigenvalue weighted by Gasteiger charge is -2.30. The van der Waals surface area contributed by atoms with Gasteiger partial charge in [-0.15, -0.1) is 0 Å². The van der Waals surface area contributed by atoms with Crippen LogP contribution in [-0.4, -0.2) is 17.5 Å². The normalized spacial score (nSPS) is 19.0. The van der Waals surface area contributed by atoms with Gasteiger partial charge in [0.2, 0.25) is 0 Å². The van der Waals surface area contributed by atoms with Crippen LogP contribution in [0.15, 0.2) is 54.6 Å². The number of carboxylic acid groups (broad SMARTS) is 1. The molecule has 0 aliphatic heterocycles. The van der Waals surface area contributed by atoms with Gasteiger partial charge in [-0.3, -0.25) is 4.79 Å². The van der Waals surface area contributed by atoms with E-state index in [4.69, 9.17) is 16.7 Å². The van der Waals surface area contributed by atoms with E-state index in [2.05, 4.69) is 5.32 Å². The fourth-order valence-electron chi connectivity index (χ4n) is 2.87. The van der Waals surface area contributed by atoms with Gasteiger partial charge in [0.1, 0.15) is 5.54 Å². The molecule has 0 unspecified atom stereocenters. The van der Waals surface area contributed by atoms with E-state index in [-0.39, 0.29) is 0 Å². The van der Waals surface area contributed by atoms with Crippen molar-refractivity contribution in [3.8, 4) is 11.1 Å². The number of benzene rings is 2. The Labute approximate surface area is 138 Å². The van der Waals surface area contributed by atoms with Gasteiger partial charge < -0.3 is 10.4 Å². The Balaban J connectivity index is 2.14. The second kappa shape index (κ2) is 5.89. The predicted molar refractivity (Wildman–Crippen MR) is 88.6 cm³/mol. The van der Waals surface area contributed by atoms with Gasteiger partial charge in [-0.1, -0.05) is 48.0 Å². The quantitative estimate of drug-likeness (QED) is 0.666. The van der Waals surface area contributed by atoms with E-state index in [1.165, 1.54) is 0 Å². The lowest BCUT2D eigenvalue weighted by Crippen LogP contribution is -2.46. The van der Waals surface area contributed by atoms with E-state index in [1.807, 2.05) is 36.4 Å². The molecule has 2 aromatic carbocycles. The van der Waals surface area contributed by atoms with Gasteiger partial charge in [0, 0.05) is 5.02 Å². The van der Waals surface area contributed by atoms with E-state index in [9.17, 15) is 9.59 Å². The summed E-state index contributed by atoms with van der Waals surface area (Å²) < 4.78 is 0. The minimum Gasteiger partial charge on any atom is -0.465 e. The molecule has 0 spiro atoms. The van der Waals surface area contributed by atoms with Crippen LogP contribution in [0.3, 0.4) is 0 Å². The van der Waals surface area contributed by atoms with Gasteiger partial charge >= 0.3 is 6.09 Å². The second-order valence-corrected chi connectivity index (χ2v) is 5.84. The number of carbonyl (C=O) groups excluding carboxylic acids is 1. The highest BCUT2D eigenvalue weighted by Crippen LogP contribution is 2.33. The van der Waals surface area contributed by atoms with Crippen molar-refractivity contribution in [2.45, 2.75) is 12.0 Å². The van der Waals surface area contributed by atoms with Crippen LogP contribution in [0.5, 0.6) is 0 Å². The maximum Gasteiger partial charge on any atom is 0.405 e. The molecule has 0 saturated carbocycles. The molecule has 4 nitrogen and oxygen atoms in total. The van der Waals surface area contributed by atoms with Crippen molar-refractivity contribution in [2.24, 2.45) is 0 Å². The number of fused-ring (bicyclic) bond motifs is 1. The largest absolute Gasteiger partial charge is 0.465 e. The monoisotopic (exact) mass is 327 g/mol. The molecule has 0 fully saturated rings. The number of rotatable bonds is 3. The smallest absolute Gasteiger partial charge is 0.405 e. The van der Waals surface area contributed by atoms with E-state index in [0.29, 0.717) is 23.3 Å². The molecule has 1 aliphatic rings. The summed E-state index contributed by atoms with van der Waals surface area (Å²) in [6, 6.07) is 13.1. The summed E-state index contributed by atoms with van der Waals surface area (Å²) in [5.74, 6) is 0. The average Bonchev–Trinajstić information content (AvgIpc) is 2.54. The zero-order valence-corrected chi connectivity index (χ0v) is 12.9. The molecular formula is C18H14ClNO3. The fourth-order valence-corrected chi connectivity index (χ4v) is 3.06. The van der Waals surface area contributed by atoms with Crippen molar-refractivity contribution in [1.82, 2.24) is 5.32 Å². The summed E-state index contributed by atoms with van der Waals surface area (Å²) in [7, 11) is 0. The zero-order valence-electron chi connectivity index (χ0n) is 12.1. The Hall–Kier alpha value is -2.59. The maximum atomic E-state index is 11.7. The summed E-state index contributed by atoms with van der Waals surface area (Å²) in [4.78, 5) is 22.8. The molecule has 2 aromatic rings. The highest BCUT2D eigenvalue weighted by atomic mass is 35.5. The van der Waals surface area contributed by atoms with Crippen LogP contribution in [-0.2, 0) is 16.8 Å². The third-order valence-electron chi connectivity index (χ3n) is 3.93. The number of hydrogen-bond donors (Lipinski definition) is 2. The standard InChI is InChI=1S/C18H14ClNO3/c19-15-5-1-3-13(9-15)14-7-6-12-4-2-8-18(11-21,16(12)10-14)20-17(22)23/h1-3,5-11,20H,4H2,(H,22,23)/t18-/m1/s1. The van der Waals surface area contributed by atoms with Gasteiger partial charge in [-0.25, -0.2) is 4.79 Å². The number of allylic oxidation sites excluding steroid dienone is 1. The van der Waals surface area contributed by atoms with E-state index >= 15 is 0 Å². The van der Waals surface area contributed by atoms with Crippen LogP contribution < -0.4 is 5.32 Å². The Morgan fingerprint density at radius 2 is 2.00 bits per heavy atom. The minimum atomic E-state index is -1.35. The van der Waals surface area contributed by atoms with Crippen molar-refractivity contribution in [3.05, 3.63) is 70.8 Å². The Morgan fingerprint density at radius 3 is 2.70 bits per heavy atom. The number of carbonyl (C=O) groups is 2. The first-order chi connectivity index (χ1) is 11.0. The van der Waals surface area contributed by atoms with E-state index in [1.54, 1.807) is 18.2 Å². The third-order valence-corrected chi connectivity index (χ3v) is 4.17. The van der Waals surface area contributed by atoms with Crippen molar-refractivity contribution < 1.29 is 14.7 Å². The molecule has 5 heteroatoms. The van der Waals surface area contributed by atoms with Gasteiger partial charge in [-0.2, -0.15) is 0 Å². The first-order valence-corrected chi connectivity index (χ1v) is 7.46. The van der Waals surface area contributed by atoms with Crippen LogP contribution in [0.25, 0.3) is 11.1 Å². The van der Waals surface area contributed by atoms with Gasteiger partial charge in [0.15, 0.2) is 6.29 Å². The van der Waals surface area contributed by atoms with Crippen LogP contribution in [0.1, 0.15) is 11.1 Å². The molecular weight excluding hydrogens is 314 g/mol. The maximum absolute atomic E-state index is 11.7. The molecule has 1 aliphatic carbocycles. The molecule has 3 rings (SSSR count). The molecule has 0 heterocycles. The van der Waals surface area contributed by atoms with Gasteiger partial charge in [-0.05, 0) is 46.9 Å². The fraction of sp³-hybridized carbons (Fsp3) is 0.111. The first kappa shape index (κ1) is 15.3. The second-order valence-electron chi connectivity index (χ2n) is 5.41. The molecule has 0 aromatic heterocycles. The predicted octanol–water partition coefficient (Wildman–Crippen LogP) is 3.78. The summed E-state index contributed by atoms with van der Waals surface area (Å²) in [5, 5.41) is 12.0. The molecule has 116 valence electrons. The molecule has 0 radical (unpaired) electrons.